The summed E-state index contributed by atoms with van der Waals surface area (Å²) >= 11 is 0. The molecule has 0 spiro atoms. The summed E-state index contributed by atoms with van der Waals surface area (Å²) in [5.74, 6) is -0.199. The van der Waals surface area contributed by atoms with E-state index in [1.165, 1.54) is 36.6 Å². The van der Waals surface area contributed by atoms with Crippen molar-refractivity contribution in [3.8, 4) is 0 Å². The molecular formula is C21H29N3O3S. The van der Waals surface area contributed by atoms with Gasteiger partial charge in [-0.05, 0) is 74.2 Å². The number of rotatable bonds is 6. The molecule has 152 valence electrons. The molecule has 28 heavy (non-hydrogen) atoms. The van der Waals surface area contributed by atoms with E-state index in [1.54, 1.807) is 24.3 Å². The Morgan fingerprint density at radius 1 is 0.929 bits per heavy atom. The van der Waals surface area contributed by atoms with E-state index >= 15 is 0 Å². The predicted octanol–water partition coefficient (Wildman–Crippen LogP) is 3.35. The Bertz CT molecular complexity index is 967. The van der Waals surface area contributed by atoms with Crippen LogP contribution in [-0.2, 0) is 10.2 Å². The highest BCUT2D eigenvalue weighted by Crippen LogP contribution is 2.23. The van der Waals surface area contributed by atoms with E-state index in [4.69, 9.17) is 0 Å². The van der Waals surface area contributed by atoms with E-state index in [2.05, 4.69) is 31.3 Å². The predicted molar refractivity (Wildman–Crippen MR) is 114 cm³/mol. The highest BCUT2D eigenvalue weighted by Gasteiger charge is 2.21. The van der Waals surface area contributed by atoms with Gasteiger partial charge in [0.15, 0.2) is 0 Å². The van der Waals surface area contributed by atoms with Gasteiger partial charge in [-0.1, -0.05) is 12.1 Å². The molecule has 2 aromatic rings. The first-order chi connectivity index (χ1) is 12.9. The van der Waals surface area contributed by atoms with Gasteiger partial charge in [-0.2, -0.15) is 12.7 Å². The van der Waals surface area contributed by atoms with Crippen molar-refractivity contribution in [1.82, 2.24) is 9.62 Å². The van der Waals surface area contributed by atoms with Crippen molar-refractivity contribution in [3.05, 3.63) is 64.2 Å². The molecule has 7 heteroatoms. The van der Waals surface area contributed by atoms with Gasteiger partial charge in [0.05, 0.1) is 11.7 Å². The van der Waals surface area contributed by atoms with E-state index in [-0.39, 0.29) is 11.9 Å². The molecule has 0 saturated carbocycles. The van der Waals surface area contributed by atoms with E-state index in [9.17, 15) is 13.2 Å². The van der Waals surface area contributed by atoms with Crippen LogP contribution in [0.5, 0.6) is 0 Å². The smallest absolute Gasteiger partial charge is 0.303 e. The van der Waals surface area contributed by atoms with Crippen molar-refractivity contribution in [2.24, 2.45) is 0 Å². The third kappa shape index (κ3) is 4.54. The van der Waals surface area contributed by atoms with Crippen LogP contribution in [0.3, 0.4) is 0 Å². The van der Waals surface area contributed by atoms with Gasteiger partial charge in [-0.15, -0.1) is 0 Å². The van der Waals surface area contributed by atoms with Gasteiger partial charge in [0.1, 0.15) is 0 Å². The van der Waals surface area contributed by atoms with E-state index in [0.29, 0.717) is 11.3 Å². The molecule has 0 aliphatic carbocycles. The van der Waals surface area contributed by atoms with Crippen LogP contribution in [0.2, 0.25) is 0 Å². The summed E-state index contributed by atoms with van der Waals surface area (Å²) in [5.41, 5.74) is 5.62. The SMILES string of the molecule is Cc1cc(C)c(C(C)NC(=O)c2ccc(N(C)S(=O)(=O)N(C)C)cc2)cc1C. The Morgan fingerprint density at radius 2 is 1.46 bits per heavy atom. The molecule has 0 radical (unpaired) electrons. The first-order valence-corrected chi connectivity index (χ1v) is 10.5. The van der Waals surface area contributed by atoms with Gasteiger partial charge in [0, 0.05) is 26.7 Å². The number of nitrogens with one attached hydrogen (secondary N) is 1. The Balaban J connectivity index is 2.16. The molecule has 0 aromatic heterocycles. The maximum atomic E-state index is 12.6. The van der Waals surface area contributed by atoms with Crippen LogP contribution in [0.4, 0.5) is 5.69 Å². The van der Waals surface area contributed by atoms with Crippen LogP contribution >= 0.6 is 0 Å². The van der Waals surface area contributed by atoms with Crippen molar-refractivity contribution in [1.29, 1.82) is 0 Å². The third-order valence-electron chi connectivity index (χ3n) is 5.00. The highest BCUT2D eigenvalue weighted by molar-refractivity contribution is 7.90. The molecule has 2 aromatic carbocycles. The number of anilines is 1. The molecule has 0 bridgehead atoms. The normalized spacial score (nSPS) is 12.7. The molecule has 0 aliphatic heterocycles. The van der Waals surface area contributed by atoms with Crippen molar-refractivity contribution in [3.63, 3.8) is 0 Å². The zero-order valence-corrected chi connectivity index (χ0v) is 18.4. The largest absolute Gasteiger partial charge is 0.346 e. The minimum absolute atomic E-state index is 0.136. The number of carbonyl (C=O) groups excluding carboxylic acids is 1. The Kier molecular flexibility index (Phi) is 6.52. The summed E-state index contributed by atoms with van der Waals surface area (Å²) in [7, 11) is 0.869. The van der Waals surface area contributed by atoms with Gasteiger partial charge in [-0.25, -0.2) is 0 Å². The molecule has 1 unspecified atom stereocenters. The molecule has 6 nitrogen and oxygen atoms in total. The fourth-order valence-electron chi connectivity index (χ4n) is 3.01. The zero-order chi connectivity index (χ0) is 21.2. The zero-order valence-electron chi connectivity index (χ0n) is 17.6. The molecule has 1 N–H and O–H groups in total. The Labute approximate surface area is 168 Å². The molecule has 2 rings (SSSR count). The lowest BCUT2D eigenvalue weighted by Gasteiger charge is -2.23. The number of hydrogen-bond acceptors (Lipinski definition) is 3. The lowest BCUT2D eigenvalue weighted by molar-refractivity contribution is 0.0940. The van der Waals surface area contributed by atoms with Gasteiger partial charge in [-0.3, -0.25) is 9.10 Å². The number of hydrogen-bond donors (Lipinski definition) is 1. The van der Waals surface area contributed by atoms with Crippen LogP contribution in [-0.4, -0.2) is 39.8 Å². The summed E-state index contributed by atoms with van der Waals surface area (Å²) in [6, 6.07) is 10.6. The van der Waals surface area contributed by atoms with Crippen LogP contribution < -0.4 is 9.62 Å². The maximum absolute atomic E-state index is 12.6. The van der Waals surface area contributed by atoms with Crippen molar-refractivity contribution < 1.29 is 13.2 Å². The molecule has 1 atom stereocenters. The van der Waals surface area contributed by atoms with Crippen LogP contribution in [0.25, 0.3) is 0 Å². The number of amides is 1. The Hall–Kier alpha value is -2.38. The fourth-order valence-corrected chi connectivity index (χ4v) is 3.89. The van der Waals surface area contributed by atoms with E-state index in [1.807, 2.05) is 13.8 Å². The minimum atomic E-state index is -3.56. The average Bonchev–Trinajstić information content (AvgIpc) is 2.63. The van der Waals surface area contributed by atoms with E-state index < -0.39 is 10.2 Å². The fraction of sp³-hybridized carbons (Fsp3) is 0.381. The first kappa shape index (κ1) is 21.9. The number of nitrogens with zero attached hydrogens (tertiary/aromatic N) is 2. The molecule has 0 saturated heterocycles. The lowest BCUT2D eigenvalue weighted by atomic mass is 9.96. The number of aryl methyl sites for hydroxylation is 3. The molecule has 0 fully saturated rings. The summed E-state index contributed by atoms with van der Waals surface area (Å²) in [6.07, 6.45) is 0. The maximum Gasteiger partial charge on any atom is 0.303 e. The molecular weight excluding hydrogens is 374 g/mol. The average molecular weight is 404 g/mol. The Morgan fingerprint density at radius 3 is 2.00 bits per heavy atom. The van der Waals surface area contributed by atoms with Gasteiger partial charge in [0.2, 0.25) is 0 Å². The summed E-state index contributed by atoms with van der Waals surface area (Å²) in [6.45, 7) is 8.13. The number of benzene rings is 2. The molecule has 1 amide bonds. The lowest BCUT2D eigenvalue weighted by Crippen LogP contribution is -2.37. The van der Waals surface area contributed by atoms with Crippen molar-refractivity contribution in [2.45, 2.75) is 33.7 Å². The summed E-state index contributed by atoms with van der Waals surface area (Å²) in [5, 5.41) is 3.02. The van der Waals surface area contributed by atoms with Crippen LogP contribution in [0.1, 0.15) is 45.6 Å². The molecule has 0 aliphatic rings. The van der Waals surface area contributed by atoms with Crippen molar-refractivity contribution in [2.75, 3.05) is 25.4 Å². The van der Waals surface area contributed by atoms with Crippen LogP contribution in [0.15, 0.2) is 36.4 Å². The topological polar surface area (TPSA) is 69.7 Å². The highest BCUT2D eigenvalue weighted by atomic mass is 32.2. The molecule has 0 heterocycles. The standard InChI is InChI=1S/C21H29N3O3S/c1-14-12-16(3)20(13-15(14)2)17(4)22-21(25)18-8-10-19(11-9-18)24(7)28(26,27)23(5)6/h8-13,17H,1-7H3,(H,22,25). The second-order valence-electron chi connectivity index (χ2n) is 7.29. The second kappa shape index (κ2) is 8.32. The third-order valence-corrected chi connectivity index (χ3v) is 6.82. The quantitative estimate of drug-likeness (QED) is 0.804. The van der Waals surface area contributed by atoms with Gasteiger partial charge < -0.3 is 5.32 Å². The van der Waals surface area contributed by atoms with Gasteiger partial charge >= 0.3 is 10.2 Å². The van der Waals surface area contributed by atoms with Crippen molar-refractivity contribution >= 4 is 21.8 Å². The monoisotopic (exact) mass is 403 g/mol. The summed E-state index contributed by atoms with van der Waals surface area (Å²) < 4.78 is 26.7. The summed E-state index contributed by atoms with van der Waals surface area (Å²) in [4.78, 5) is 12.6. The van der Waals surface area contributed by atoms with Crippen LogP contribution in [0, 0.1) is 20.8 Å². The number of carbonyl (C=O) groups is 1. The minimum Gasteiger partial charge on any atom is -0.346 e. The first-order valence-electron chi connectivity index (χ1n) is 9.10. The van der Waals surface area contributed by atoms with Gasteiger partial charge in [0.25, 0.3) is 5.91 Å². The second-order valence-corrected chi connectivity index (χ2v) is 9.47. The van der Waals surface area contributed by atoms with E-state index in [0.717, 1.165) is 15.4 Å².